The van der Waals surface area contributed by atoms with Crippen LogP contribution in [-0.4, -0.2) is 47.9 Å². The van der Waals surface area contributed by atoms with Crippen molar-refractivity contribution in [3.63, 3.8) is 0 Å². The SMILES string of the molecule is Cc1n[nH]c(C)c1S(=O)(=O)NCC1CCCCN1c1ccc(=O)[nH]n1. The number of aromatic nitrogens is 4. The molecule has 0 bridgehead atoms. The summed E-state index contributed by atoms with van der Waals surface area (Å²) in [4.78, 5) is 13.4. The molecule has 1 aliphatic heterocycles. The summed E-state index contributed by atoms with van der Waals surface area (Å²) in [5.74, 6) is 0.652. The van der Waals surface area contributed by atoms with Crippen molar-refractivity contribution in [3.8, 4) is 0 Å². The summed E-state index contributed by atoms with van der Waals surface area (Å²) in [7, 11) is -3.64. The van der Waals surface area contributed by atoms with Gasteiger partial charge >= 0.3 is 0 Å². The summed E-state index contributed by atoms with van der Waals surface area (Å²) in [6.07, 6.45) is 2.88. The third-order valence-electron chi connectivity index (χ3n) is 4.42. The van der Waals surface area contributed by atoms with Crippen molar-refractivity contribution >= 4 is 15.8 Å². The van der Waals surface area contributed by atoms with E-state index in [1.165, 1.54) is 6.07 Å². The maximum absolute atomic E-state index is 12.6. The lowest BCUT2D eigenvalue weighted by atomic mass is 10.0. The Bertz CT molecular complexity index is 864. The van der Waals surface area contributed by atoms with Gasteiger partial charge in [0, 0.05) is 25.2 Å². The van der Waals surface area contributed by atoms with Crippen LogP contribution < -0.4 is 15.2 Å². The molecule has 3 heterocycles. The van der Waals surface area contributed by atoms with Gasteiger partial charge in [-0.3, -0.25) is 9.89 Å². The molecule has 3 N–H and O–H groups in total. The van der Waals surface area contributed by atoms with Gasteiger partial charge in [-0.05, 0) is 39.2 Å². The molecular formula is C15H22N6O3S. The number of piperidine rings is 1. The Kier molecular flexibility index (Phi) is 4.91. The zero-order valence-electron chi connectivity index (χ0n) is 14.2. The van der Waals surface area contributed by atoms with E-state index in [4.69, 9.17) is 0 Å². The van der Waals surface area contributed by atoms with E-state index >= 15 is 0 Å². The third-order valence-corrected chi connectivity index (χ3v) is 6.11. The molecule has 2 aromatic heterocycles. The Balaban J connectivity index is 1.76. The first-order chi connectivity index (χ1) is 11.9. The number of nitrogens with one attached hydrogen (secondary N) is 3. The van der Waals surface area contributed by atoms with E-state index in [0.717, 1.165) is 25.8 Å². The van der Waals surface area contributed by atoms with Crippen molar-refractivity contribution in [1.29, 1.82) is 0 Å². The number of hydrogen-bond donors (Lipinski definition) is 3. The van der Waals surface area contributed by atoms with Crippen LogP contribution in [0.5, 0.6) is 0 Å². The van der Waals surface area contributed by atoms with Crippen molar-refractivity contribution in [2.24, 2.45) is 0 Å². The van der Waals surface area contributed by atoms with Gasteiger partial charge in [-0.15, -0.1) is 0 Å². The number of sulfonamides is 1. The van der Waals surface area contributed by atoms with Gasteiger partial charge in [-0.25, -0.2) is 18.2 Å². The number of hydrogen-bond acceptors (Lipinski definition) is 6. The number of aromatic amines is 2. The van der Waals surface area contributed by atoms with Crippen LogP contribution >= 0.6 is 0 Å². The molecule has 1 fully saturated rings. The molecule has 0 amide bonds. The molecule has 0 aromatic carbocycles. The molecule has 2 aromatic rings. The number of rotatable bonds is 5. The Morgan fingerprint density at radius 3 is 2.68 bits per heavy atom. The topological polar surface area (TPSA) is 124 Å². The average molecular weight is 366 g/mol. The van der Waals surface area contributed by atoms with Crippen LogP contribution in [0.15, 0.2) is 21.8 Å². The van der Waals surface area contributed by atoms with Crippen LogP contribution in [0.2, 0.25) is 0 Å². The first kappa shape index (κ1) is 17.6. The molecule has 1 atom stereocenters. The van der Waals surface area contributed by atoms with Crippen LogP contribution in [0.3, 0.4) is 0 Å². The fraction of sp³-hybridized carbons (Fsp3) is 0.533. The molecule has 9 nitrogen and oxygen atoms in total. The minimum absolute atomic E-state index is 0.0190. The second kappa shape index (κ2) is 6.96. The van der Waals surface area contributed by atoms with Gasteiger partial charge in [0.1, 0.15) is 10.7 Å². The molecule has 1 saturated heterocycles. The highest BCUT2D eigenvalue weighted by Gasteiger charge is 2.27. The van der Waals surface area contributed by atoms with Gasteiger partial charge in [0.2, 0.25) is 10.0 Å². The number of aryl methyl sites for hydroxylation is 2. The normalized spacial score (nSPS) is 18.5. The minimum atomic E-state index is -3.64. The first-order valence-corrected chi connectivity index (χ1v) is 9.70. The number of anilines is 1. The van der Waals surface area contributed by atoms with Gasteiger partial charge in [-0.1, -0.05) is 0 Å². The zero-order chi connectivity index (χ0) is 18.0. The predicted octanol–water partition coefficient (Wildman–Crippen LogP) is 0.447. The highest BCUT2D eigenvalue weighted by Crippen LogP contribution is 2.23. The van der Waals surface area contributed by atoms with Gasteiger partial charge in [0.05, 0.1) is 11.4 Å². The molecular weight excluding hydrogens is 344 g/mol. The lowest BCUT2D eigenvalue weighted by Gasteiger charge is -2.36. The lowest BCUT2D eigenvalue weighted by Crippen LogP contribution is -2.47. The minimum Gasteiger partial charge on any atom is -0.351 e. The molecule has 3 rings (SSSR count). The Labute approximate surface area is 145 Å². The summed E-state index contributed by atoms with van der Waals surface area (Å²) in [6, 6.07) is 3.07. The quantitative estimate of drug-likeness (QED) is 0.706. The lowest BCUT2D eigenvalue weighted by molar-refractivity contribution is 0.448. The number of H-pyrrole nitrogens is 2. The fourth-order valence-corrected chi connectivity index (χ4v) is 4.67. The Morgan fingerprint density at radius 1 is 1.24 bits per heavy atom. The molecule has 10 heteroatoms. The maximum Gasteiger partial charge on any atom is 0.264 e. The fourth-order valence-electron chi connectivity index (χ4n) is 3.23. The molecule has 0 saturated carbocycles. The van der Waals surface area contributed by atoms with E-state index in [1.54, 1.807) is 19.9 Å². The van der Waals surface area contributed by atoms with Crippen LogP contribution in [0, 0.1) is 13.8 Å². The van der Waals surface area contributed by atoms with E-state index in [-0.39, 0.29) is 23.0 Å². The third kappa shape index (κ3) is 3.74. The second-order valence-electron chi connectivity index (χ2n) is 6.24. The van der Waals surface area contributed by atoms with Crippen molar-refractivity contribution in [1.82, 2.24) is 25.1 Å². The molecule has 1 unspecified atom stereocenters. The van der Waals surface area contributed by atoms with Gasteiger partial charge in [-0.2, -0.15) is 10.2 Å². The number of nitrogens with zero attached hydrogens (tertiary/aromatic N) is 3. The highest BCUT2D eigenvalue weighted by atomic mass is 32.2. The molecule has 0 aliphatic carbocycles. The molecule has 0 spiro atoms. The molecule has 1 aliphatic rings. The van der Waals surface area contributed by atoms with Crippen LogP contribution in [0.25, 0.3) is 0 Å². The summed E-state index contributed by atoms with van der Waals surface area (Å²) in [5, 5.41) is 13.1. The first-order valence-electron chi connectivity index (χ1n) is 8.22. The van der Waals surface area contributed by atoms with Crippen LogP contribution in [-0.2, 0) is 10.0 Å². The van der Waals surface area contributed by atoms with Gasteiger partial charge in [0.15, 0.2) is 0 Å². The van der Waals surface area contributed by atoms with E-state index in [9.17, 15) is 13.2 Å². The Morgan fingerprint density at radius 2 is 2.04 bits per heavy atom. The van der Waals surface area contributed by atoms with Crippen molar-refractivity contribution < 1.29 is 8.42 Å². The predicted molar refractivity (Wildman–Crippen MR) is 93.1 cm³/mol. The summed E-state index contributed by atoms with van der Waals surface area (Å²) >= 11 is 0. The van der Waals surface area contributed by atoms with Gasteiger partial charge < -0.3 is 4.90 Å². The van der Waals surface area contributed by atoms with Crippen molar-refractivity contribution in [2.75, 3.05) is 18.0 Å². The maximum atomic E-state index is 12.6. The summed E-state index contributed by atoms with van der Waals surface area (Å²) < 4.78 is 27.9. The Hall–Kier alpha value is -2.20. The van der Waals surface area contributed by atoms with E-state index in [1.807, 2.05) is 4.90 Å². The monoisotopic (exact) mass is 366 g/mol. The highest BCUT2D eigenvalue weighted by molar-refractivity contribution is 7.89. The van der Waals surface area contributed by atoms with Crippen molar-refractivity contribution in [3.05, 3.63) is 33.9 Å². The largest absolute Gasteiger partial charge is 0.351 e. The van der Waals surface area contributed by atoms with Crippen molar-refractivity contribution in [2.45, 2.75) is 44.0 Å². The van der Waals surface area contributed by atoms with Crippen LogP contribution in [0.1, 0.15) is 30.7 Å². The molecule has 136 valence electrons. The standard InChI is InChI=1S/C15H22N6O3S/c1-10-15(11(2)18-17-10)25(23,24)16-9-12-5-3-4-8-21(12)13-6-7-14(22)20-19-13/h6-7,12,16H,3-5,8-9H2,1-2H3,(H,17,18)(H,20,22). The van der Waals surface area contributed by atoms with E-state index < -0.39 is 10.0 Å². The zero-order valence-corrected chi connectivity index (χ0v) is 15.1. The van der Waals surface area contributed by atoms with E-state index in [2.05, 4.69) is 25.1 Å². The summed E-state index contributed by atoms with van der Waals surface area (Å²) in [5.41, 5.74) is 0.713. The molecule has 25 heavy (non-hydrogen) atoms. The van der Waals surface area contributed by atoms with Crippen LogP contribution in [0.4, 0.5) is 5.82 Å². The van der Waals surface area contributed by atoms with Gasteiger partial charge in [0.25, 0.3) is 5.56 Å². The smallest absolute Gasteiger partial charge is 0.264 e. The molecule has 0 radical (unpaired) electrons. The van der Waals surface area contributed by atoms with E-state index in [0.29, 0.717) is 17.2 Å². The average Bonchev–Trinajstić information content (AvgIpc) is 2.93. The summed E-state index contributed by atoms with van der Waals surface area (Å²) in [6.45, 7) is 4.39. The second-order valence-corrected chi connectivity index (χ2v) is 7.94.